The Morgan fingerprint density at radius 1 is 1.44 bits per heavy atom. The molecule has 1 aromatic carbocycles. The molecule has 0 bridgehead atoms. The van der Waals surface area contributed by atoms with Gasteiger partial charge in [-0.2, -0.15) is 0 Å². The van der Waals surface area contributed by atoms with Gasteiger partial charge in [-0.25, -0.2) is 4.39 Å². The van der Waals surface area contributed by atoms with E-state index in [1.54, 1.807) is 0 Å². The number of rotatable bonds is 3. The monoisotopic (exact) mass is 223 g/mol. The lowest BCUT2D eigenvalue weighted by molar-refractivity contribution is 0.0734. The summed E-state index contributed by atoms with van der Waals surface area (Å²) in [7, 11) is 0. The first kappa shape index (κ1) is 11.6. The second-order valence-corrected chi connectivity index (χ2v) is 4.82. The van der Waals surface area contributed by atoms with E-state index < -0.39 is 11.7 Å². The summed E-state index contributed by atoms with van der Waals surface area (Å²) >= 11 is 0. The van der Waals surface area contributed by atoms with Crippen molar-refractivity contribution in [2.75, 3.05) is 13.2 Å². The van der Waals surface area contributed by atoms with Crippen LogP contribution in [0.2, 0.25) is 0 Å². The summed E-state index contributed by atoms with van der Waals surface area (Å²) in [5.74, 6) is 0. The summed E-state index contributed by atoms with van der Waals surface area (Å²) in [6.07, 6.45) is -0.392. The summed E-state index contributed by atoms with van der Waals surface area (Å²) in [4.78, 5) is 2.03. The van der Waals surface area contributed by atoms with Crippen molar-refractivity contribution in [2.24, 2.45) is 0 Å². The molecule has 0 spiro atoms. The maximum Gasteiger partial charge on any atom is 0.115 e. The summed E-state index contributed by atoms with van der Waals surface area (Å²) < 4.78 is 13.4. The number of hydrogen-bond donors (Lipinski definition) is 1. The molecule has 16 heavy (non-hydrogen) atoms. The zero-order valence-corrected chi connectivity index (χ0v) is 9.56. The Morgan fingerprint density at radius 3 is 2.75 bits per heavy atom. The molecule has 3 heteroatoms. The Labute approximate surface area is 95.7 Å². The molecule has 0 aliphatic carbocycles. The minimum Gasteiger partial charge on any atom is -0.394 e. The number of likely N-dealkylation sites (tertiary alicyclic amines) is 1. The molecule has 0 aromatic heterocycles. The zero-order chi connectivity index (χ0) is 11.6. The quantitative estimate of drug-likeness (QED) is 0.847. The molecule has 88 valence electrons. The van der Waals surface area contributed by atoms with Crippen molar-refractivity contribution >= 4 is 0 Å². The van der Waals surface area contributed by atoms with Crippen LogP contribution < -0.4 is 0 Å². The first-order valence-electron chi connectivity index (χ1n) is 5.68. The van der Waals surface area contributed by atoms with Crippen LogP contribution in [0.5, 0.6) is 0 Å². The van der Waals surface area contributed by atoms with E-state index >= 15 is 0 Å². The van der Waals surface area contributed by atoms with Crippen molar-refractivity contribution in [1.82, 2.24) is 4.90 Å². The van der Waals surface area contributed by atoms with Gasteiger partial charge in [0.25, 0.3) is 0 Å². The van der Waals surface area contributed by atoms with E-state index in [4.69, 9.17) is 0 Å². The van der Waals surface area contributed by atoms with Gasteiger partial charge < -0.3 is 5.11 Å². The van der Waals surface area contributed by atoms with Gasteiger partial charge in [-0.15, -0.1) is 0 Å². The maximum absolute atomic E-state index is 13.4. The van der Waals surface area contributed by atoms with Crippen LogP contribution in [-0.2, 0) is 6.54 Å². The standard InChI is InChI=1S/C13H18FNO/c1-13(10-16)7-12(14)9-15(13)8-11-5-3-2-4-6-11/h2-6,12,16H,7-10H2,1H3/t12-,13-/m0/s1. The highest BCUT2D eigenvalue weighted by Gasteiger charge is 2.41. The maximum atomic E-state index is 13.4. The molecule has 1 aliphatic heterocycles. The average molecular weight is 223 g/mol. The van der Waals surface area contributed by atoms with Gasteiger partial charge >= 0.3 is 0 Å². The smallest absolute Gasteiger partial charge is 0.115 e. The van der Waals surface area contributed by atoms with Gasteiger partial charge in [-0.3, -0.25) is 4.90 Å². The van der Waals surface area contributed by atoms with Crippen LogP contribution >= 0.6 is 0 Å². The number of benzene rings is 1. The minimum absolute atomic E-state index is 0.0141. The molecule has 1 N–H and O–H groups in total. The fraction of sp³-hybridized carbons (Fsp3) is 0.538. The van der Waals surface area contributed by atoms with Crippen molar-refractivity contribution in [3.63, 3.8) is 0 Å². The number of aliphatic hydroxyl groups excluding tert-OH is 1. The van der Waals surface area contributed by atoms with Gasteiger partial charge in [-0.1, -0.05) is 30.3 Å². The molecule has 0 saturated carbocycles. The number of aliphatic hydroxyl groups is 1. The number of halogens is 1. The van der Waals surface area contributed by atoms with E-state index in [0.29, 0.717) is 19.5 Å². The third kappa shape index (κ3) is 2.25. The van der Waals surface area contributed by atoms with Crippen molar-refractivity contribution < 1.29 is 9.50 Å². The molecule has 0 unspecified atom stereocenters. The van der Waals surface area contributed by atoms with Gasteiger partial charge in [-0.05, 0) is 12.5 Å². The summed E-state index contributed by atoms with van der Waals surface area (Å²) in [5, 5.41) is 9.38. The van der Waals surface area contributed by atoms with Gasteiger partial charge in [0.1, 0.15) is 6.17 Å². The minimum atomic E-state index is -0.819. The van der Waals surface area contributed by atoms with E-state index in [2.05, 4.69) is 0 Å². The first-order chi connectivity index (χ1) is 7.64. The van der Waals surface area contributed by atoms with E-state index in [1.165, 1.54) is 0 Å². The molecule has 1 aliphatic rings. The highest BCUT2D eigenvalue weighted by molar-refractivity contribution is 5.15. The molecule has 1 saturated heterocycles. The summed E-state index contributed by atoms with van der Waals surface area (Å²) in [5.41, 5.74) is 0.756. The molecule has 1 aromatic rings. The van der Waals surface area contributed by atoms with Crippen LogP contribution in [0, 0.1) is 0 Å². The number of alkyl halides is 1. The van der Waals surface area contributed by atoms with E-state index in [0.717, 1.165) is 5.56 Å². The highest BCUT2D eigenvalue weighted by Crippen LogP contribution is 2.31. The molecule has 2 nitrogen and oxygen atoms in total. The van der Waals surface area contributed by atoms with E-state index in [1.807, 2.05) is 42.2 Å². The molecular weight excluding hydrogens is 205 g/mol. The Balaban J connectivity index is 2.09. The van der Waals surface area contributed by atoms with Crippen LogP contribution in [0.4, 0.5) is 4.39 Å². The van der Waals surface area contributed by atoms with Crippen LogP contribution in [0.1, 0.15) is 18.9 Å². The predicted molar refractivity (Wildman–Crippen MR) is 61.9 cm³/mol. The SMILES string of the molecule is C[C@@]1(CO)C[C@H](F)CN1Cc1ccccc1. The fourth-order valence-corrected chi connectivity index (χ4v) is 2.35. The Bertz CT molecular complexity index is 343. The topological polar surface area (TPSA) is 23.5 Å². The average Bonchev–Trinajstić information content (AvgIpc) is 2.56. The third-order valence-electron chi connectivity index (χ3n) is 3.40. The van der Waals surface area contributed by atoms with Crippen LogP contribution in [0.3, 0.4) is 0 Å². The summed E-state index contributed by atoms with van der Waals surface area (Å²) in [6.45, 7) is 3.07. The Morgan fingerprint density at radius 2 is 2.12 bits per heavy atom. The van der Waals surface area contributed by atoms with Crippen LogP contribution in [-0.4, -0.2) is 34.9 Å². The molecule has 2 rings (SSSR count). The Kier molecular flexibility index (Phi) is 3.26. The zero-order valence-electron chi connectivity index (χ0n) is 9.56. The molecule has 1 heterocycles. The van der Waals surface area contributed by atoms with Crippen molar-refractivity contribution in [2.45, 2.75) is 31.6 Å². The lowest BCUT2D eigenvalue weighted by Gasteiger charge is -2.33. The number of nitrogens with zero attached hydrogens (tertiary/aromatic N) is 1. The largest absolute Gasteiger partial charge is 0.394 e. The lowest BCUT2D eigenvalue weighted by Crippen LogP contribution is -2.43. The third-order valence-corrected chi connectivity index (χ3v) is 3.40. The van der Waals surface area contributed by atoms with Crippen molar-refractivity contribution in [3.8, 4) is 0 Å². The first-order valence-corrected chi connectivity index (χ1v) is 5.68. The van der Waals surface area contributed by atoms with Gasteiger partial charge in [0.2, 0.25) is 0 Å². The normalized spacial score (nSPS) is 30.8. The molecular formula is C13H18FNO. The van der Waals surface area contributed by atoms with Crippen LogP contribution in [0.25, 0.3) is 0 Å². The van der Waals surface area contributed by atoms with Gasteiger partial charge in [0, 0.05) is 25.0 Å². The second kappa shape index (κ2) is 4.52. The van der Waals surface area contributed by atoms with Crippen molar-refractivity contribution in [1.29, 1.82) is 0 Å². The molecule has 0 amide bonds. The lowest BCUT2D eigenvalue weighted by atomic mass is 9.99. The highest BCUT2D eigenvalue weighted by atomic mass is 19.1. The van der Waals surface area contributed by atoms with E-state index in [9.17, 15) is 9.50 Å². The van der Waals surface area contributed by atoms with Gasteiger partial charge in [0.05, 0.1) is 6.61 Å². The predicted octanol–water partition coefficient (Wildman–Crippen LogP) is 1.98. The molecule has 2 atom stereocenters. The number of hydrogen-bond acceptors (Lipinski definition) is 2. The second-order valence-electron chi connectivity index (χ2n) is 4.82. The Hall–Kier alpha value is -0.930. The van der Waals surface area contributed by atoms with Gasteiger partial charge in [0.15, 0.2) is 0 Å². The summed E-state index contributed by atoms with van der Waals surface area (Å²) in [6, 6.07) is 9.99. The molecule has 0 radical (unpaired) electrons. The van der Waals surface area contributed by atoms with Crippen LogP contribution in [0.15, 0.2) is 30.3 Å². The fourth-order valence-electron chi connectivity index (χ4n) is 2.35. The van der Waals surface area contributed by atoms with Crippen molar-refractivity contribution in [3.05, 3.63) is 35.9 Å². The molecule has 1 fully saturated rings. The van der Waals surface area contributed by atoms with E-state index in [-0.39, 0.29) is 6.61 Å².